The van der Waals surface area contributed by atoms with Gasteiger partial charge in [-0.25, -0.2) is 9.56 Å². The third-order valence-electron chi connectivity index (χ3n) is 6.03. The Kier molecular flexibility index (Phi) is 5.39. The highest BCUT2D eigenvalue weighted by Crippen LogP contribution is 2.25. The molecule has 3 aromatic rings. The van der Waals surface area contributed by atoms with Crippen molar-refractivity contribution in [2.24, 2.45) is 0 Å². The number of hydrogen-bond donors (Lipinski definition) is 2. The van der Waals surface area contributed by atoms with Crippen molar-refractivity contribution in [1.82, 2.24) is 15.0 Å². The Morgan fingerprint density at radius 1 is 1.19 bits per heavy atom. The minimum atomic E-state index is -0.0580. The van der Waals surface area contributed by atoms with Crippen LogP contribution in [0.2, 0.25) is 0 Å². The zero-order valence-electron chi connectivity index (χ0n) is 18.4. The van der Waals surface area contributed by atoms with Gasteiger partial charge in [-0.05, 0) is 67.4 Å². The number of pyridine rings is 1. The van der Waals surface area contributed by atoms with Crippen LogP contribution in [0.1, 0.15) is 54.5 Å². The van der Waals surface area contributed by atoms with Crippen molar-refractivity contribution in [2.75, 3.05) is 17.2 Å². The van der Waals surface area contributed by atoms with Crippen LogP contribution in [0.15, 0.2) is 42.6 Å². The summed E-state index contributed by atoms with van der Waals surface area (Å²) >= 11 is 0. The van der Waals surface area contributed by atoms with E-state index in [1.54, 1.807) is 6.20 Å². The smallest absolute Gasteiger partial charge is 0.342 e. The van der Waals surface area contributed by atoms with E-state index < -0.39 is 0 Å². The van der Waals surface area contributed by atoms with Crippen LogP contribution in [0.3, 0.4) is 0 Å². The second-order valence-electron chi connectivity index (χ2n) is 8.36. The normalized spacial score (nSPS) is 14.6. The van der Waals surface area contributed by atoms with E-state index >= 15 is 0 Å². The zero-order valence-corrected chi connectivity index (χ0v) is 18.4. The Labute approximate surface area is 187 Å². The molecular weight excluding hydrogens is 400 g/mol. The predicted molar refractivity (Wildman–Crippen MR) is 125 cm³/mol. The molecule has 162 valence electrons. The Bertz CT molecular complexity index is 1220. The number of carbonyl (C=O) groups excluding carboxylic acids is 1. The first-order valence-corrected chi connectivity index (χ1v) is 11.2. The summed E-state index contributed by atoms with van der Waals surface area (Å²) in [6, 6.07) is 12.0. The summed E-state index contributed by atoms with van der Waals surface area (Å²) in [5, 5.41) is 6.42. The standard InChI is InChI=1S/C25H26N6O/c1-3-31-15-22-25(31)30-23(14-26-22)27-16(2)18-7-4-8-19(12-18)29-24(32)13-20-11-10-17-6-5-9-21(17)28-20/h4,7-8,10-12,14-16H,3,5-6,9,13H2,1-2H3,(H,29,32)/p+1. The number of fused-ring (bicyclic) bond motifs is 2. The first kappa shape index (κ1) is 20.3. The highest BCUT2D eigenvalue weighted by Gasteiger charge is 2.27. The molecule has 1 atom stereocenters. The van der Waals surface area contributed by atoms with Crippen molar-refractivity contribution < 1.29 is 9.37 Å². The van der Waals surface area contributed by atoms with E-state index in [1.807, 2.05) is 36.5 Å². The molecular formula is C25H27N6O+. The van der Waals surface area contributed by atoms with Crippen molar-refractivity contribution in [2.45, 2.75) is 45.6 Å². The number of amides is 1. The van der Waals surface area contributed by atoms with Crippen LogP contribution in [0, 0.1) is 0 Å². The summed E-state index contributed by atoms with van der Waals surface area (Å²) in [5.74, 6) is 1.59. The molecule has 0 spiro atoms. The fraction of sp³-hybridized carbons (Fsp3) is 0.320. The first-order valence-electron chi connectivity index (χ1n) is 11.2. The topological polar surface area (TPSA) is 82.8 Å². The van der Waals surface area contributed by atoms with E-state index in [9.17, 15) is 4.79 Å². The molecule has 0 radical (unpaired) electrons. The molecule has 0 bridgehead atoms. The number of nitrogens with zero attached hydrogens (tertiary/aromatic N) is 4. The number of rotatable bonds is 7. The largest absolute Gasteiger partial charge is 0.355 e. The van der Waals surface area contributed by atoms with Gasteiger partial charge in [0.05, 0.1) is 30.9 Å². The minimum absolute atomic E-state index is 0.0108. The summed E-state index contributed by atoms with van der Waals surface area (Å²) in [5.41, 5.74) is 6.05. The van der Waals surface area contributed by atoms with Crippen LogP contribution in [-0.4, -0.2) is 38.2 Å². The number of hydrogen-bond acceptors (Lipinski definition) is 5. The van der Waals surface area contributed by atoms with Gasteiger partial charge >= 0.3 is 5.82 Å². The molecule has 2 aromatic heterocycles. The van der Waals surface area contributed by atoms with Gasteiger partial charge in [-0.2, -0.15) is 0 Å². The fourth-order valence-electron chi connectivity index (χ4n) is 4.27. The Hall–Kier alpha value is -3.61. The molecule has 2 aliphatic rings. The Morgan fingerprint density at radius 2 is 2.09 bits per heavy atom. The summed E-state index contributed by atoms with van der Waals surface area (Å²) in [6.45, 7) is 5.04. The van der Waals surface area contributed by atoms with E-state index in [0.29, 0.717) is 0 Å². The van der Waals surface area contributed by atoms with Gasteiger partial charge in [0.15, 0.2) is 5.69 Å². The molecule has 0 saturated heterocycles. The highest BCUT2D eigenvalue weighted by molar-refractivity contribution is 5.92. The third-order valence-corrected chi connectivity index (χ3v) is 6.03. The lowest BCUT2D eigenvalue weighted by Crippen LogP contribution is -2.22. The molecule has 1 aliphatic carbocycles. The fourth-order valence-corrected chi connectivity index (χ4v) is 4.27. The van der Waals surface area contributed by atoms with Gasteiger partial charge in [0.25, 0.3) is 5.82 Å². The minimum Gasteiger partial charge on any atom is -0.342 e. The average molecular weight is 428 g/mol. The van der Waals surface area contributed by atoms with Gasteiger partial charge < -0.3 is 10.6 Å². The van der Waals surface area contributed by atoms with Crippen molar-refractivity contribution >= 4 is 29.4 Å². The summed E-state index contributed by atoms with van der Waals surface area (Å²) in [6.07, 6.45) is 7.31. The molecule has 2 N–H and O–H groups in total. The first-order chi connectivity index (χ1) is 15.6. The third kappa shape index (κ3) is 4.10. The monoisotopic (exact) mass is 427 g/mol. The predicted octanol–water partition coefficient (Wildman–Crippen LogP) is 3.81. The number of carbonyl (C=O) groups is 1. The van der Waals surface area contributed by atoms with Crippen molar-refractivity contribution in [3.63, 3.8) is 0 Å². The molecule has 1 aliphatic heterocycles. The van der Waals surface area contributed by atoms with Crippen LogP contribution in [-0.2, 0) is 24.1 Å². The van der Waals surface area contributed by atoms with Crippen molar-refractivity contribution in [3.8, 4) is 0 Å². The highest BCUT2D eigenvalue weighted by atomic mass is 16.1. The lowest BCUT2D eigenvalue weighted by atomic mass is 10.1. The van der Waals surface area contributed by atoms with Crippen LogP contribution in [0.4, 0.5) is 17.3 Å². The van der Waals surface area contributed by atoms with Gasteiger partial charge in [-0.3, -0.25) is 9.78 Å². The van der Waals surface area contributed by atoms with E-state index in [1.165, 1.54) is 5.56 Å². The van der Waals surface area contributed by atoms with E-state index in [2.05, 4.69) is 50.1 Å². The van der Waals surface area contributed by atoms with Crippen LogP contribution in [0.5, 0.6) is 0 Å². The van der Waals surface area contributed by atoms with Crippen LogP contribution in [0.25, 0.3) is 0 Å². The number of nitrogens with one attached hydrogen (secondary N) is 2. The Balaban J connectivity index is 1.22. The van der Waals surface area contributed by atoms with Gasteiger partial charge in [0, 0.05) is 11.4 Å². The van der Waals surface area contributed by atoms with Gasteiger partial charge in [-0.15, -0.1) is 0 Å². The summed E-state index contributed by atoms with van der Waals surface area (Å²) < 4.78 is 2.07. The maximum atomic E-state index is 12.6. The molecule has 3 heterocycles. The van der Waals surface area contributed by atoms with E-state index in [4.69, 9.17) is 0 Å². The molecule has 7 heteroatoms. The molecule has 1 aromatic carbocycles. The van der Waals surface area contributed by atoms with Crippen LogP contribution >= 0.6 is 0 Å². The maximum Gasteiger partial charge on any atom is 0.355 e. The number of anilines is 2. The lowest BCUT2D eigenvalue weighted by Gasteiger charge is -2.16. The SMILES string of the molecule is CC[N+]1=Cc2ncc(NC(C)c3cccc(NC(=O)Cc4ccc5c(n4)CCC5)c3)nc21. The average Bonchev–Trinajstić information content (AvgIpc) is 3.24. The van der Waals surface area contributed by atoms with Gasteiger partial charge in [-0.1, -0.05) is 18.2 Å². The molecule has 0 saturated carbocycles. The van der Waals surface area contributed by atoms with Gasteiger partial charge in [0.2, 0.25) is 5.91 Å². The second-order valence-corrected chi connectivity index (χ2v) is 8.36. The second kappa shape index (κ2) is 8.49. The molecule has 1 unspecified atom stereocenters. The molecule has 5 rings (SSSR count). The summed E-state index contributed by atoms with van der Waals surface area (Å²) in [7, 11) is 0. The van der Waals surface area contributed by atoms with E-state index in [0.717, 1.165) is 65.8 Å². The summed E-state index contributed by atoms with van der Waals surface area (Å²) in [4.78, 5) is 26.4. The molecule has 7 nitrogen and oxygen atoms in total. The van der Waals surface area contributed by atoms with Gasteiger partial charge in [0.1, 0.15) is 6.21 Å². The number of benzene rings is 1. The number of aryl methyl sites for hydroxylation is 2. The lowest BCUT2D eigenvalue weighted by molar-refractivity contribution is -0.447. The van der Waals surface area contributed by atoms with E-state index in [-0.39, 0.29) is 18.4 Å². The van der Waals surface area contributed by atoms with Crippen molar-refractivity contribution in [1.29, 1.82) is 0 Å². The Morgan fingerprint density at radius 3 is 2.97 bits per heavy atom. The molecule has 32 heavy (non-hydrogen) atoms. The molecule has 0 fully saturated rings. The maximum absolute atomic E-state index is 12.6. The number of aromatic nitrogens is 3. The van der Waals surface area contributed by atoms with Crippen LogP contribution < -0.4 is 10.6 Å². The van der Waals surface area contributed by atoms with Crippen molar-refractivity contribution in [3.05, 3.63) is 70.8 Å². The quantitative estimate of drug-likeness (QED) is 0.560. The zero-order chi connectivity index (χ0) is 22.1. The molecule has 1 amide bonds.